The zero-order valence-corrected chi connectivity index (χ0v) is 16.9. The average molecular weight is 400 g/mol. The Kier molecular flexibility index (Phi) is 7.08. The summed E-state index contributed by atoms with van der Waals surface area (Å²) >= 11 is 1.58. The zero-order chi connectivity index (χ0) is 18.4. The number of nitrogens with zero attached hydrogens (tertiary/aromatic N) is 2. The van der Waals surface area contributed by atoms with Crippen LogP contribution in [0.1, 0.15) is 37.0 Å². The van der Waals surface area contributed by atoms with Crippen LogP contribution in [0.5, 0.6) is 0 Å². The van der Waals surface area contributed by atoms with Gasteiger partial charge in [0.1, 0.15) is 0 Å². The maximum absolute atomic E-state index is 12.9. The monoisotopic (exact) mass is 399 g/mol. The van der Waals surface area contributed by atoms with Gasteiger partial charge in [0.25, 0.3) is 0 Å². The second kappa shape index (κ2) is 9.30. The summed E-state index contributed by atoms with van der Waals surface area (Å²) in [6.45, 7) is 2.75. The zero-order valence-electron chi connectivity index (χ0n) is 15.2. The van der Waals surface area contributed by atoms with Gasteiger partial charge in [0.2, 0.25) is 15.9 Å². The topological polar surface area (TPSA) is 69.7 Å². The van der Waals surface area contributed by atoms with E-state index in [0.717, 1.165) is 30.6 Å². The Morgan fingerprint density at radius 2 is 1.96 bits per heavy atom. The van der Waals surface area contributed by atoms with E-state index in [9.17, 15) is 13.2 Å². The van der Waals surface area contributed by atoms with Crippen LogP contribution >= 0.6 is 11.3 Å². The van der Waals surface area contributed by atoms with E-state index in [4.69, 9.17) is 0 Å². The number of nitrogens with one attached hydrogen (secondary N) is 1. The lowest BCUT2D eigenvalue weighted by molar-refractivity contribution is -0.133. The van der Waals surface area contributed by atoms with Crippen LogP contribution in [-0.2, 0) is 21.2 Å². The van der Waals surface area contributed by atoms with E-state index in [1.807, 2.05) is 22.4 Å². The number of sulfonamides is 1. The second-order valence-corrected chi connectivity index (χ2v) is 10.2. The van der Waals surface area contributed by atoms with Crippen LogP contribution in [0.3, 0.4) is 0 Å². The van der Waals surface area contributed by atoms with E-state index in [1.165, 1.54) is 6.42 Å². The van der Waals surface area contributed by atoms with Crippen LogP contribution in [0.25, 0.3) is 0 Å². The highest BCUT2D eigenvalue weighted by molar-refractivity contribution is 7.89. The van der Waals surface area contributed by atoms with Crippen molar-refractivity contribution in [2.75, 3.05) is 38.5 Å². The largest absolute Gasteiger partial charge is 0.338 e. The molecule has 0 aromatic carbocycles. The Morgan fingerprint density at radius 1 is 1.23 bits per heavy atom. The molecular weight excluding hydrogens is 370 g/mol. The molecule has 8 heteroatoms. The SMILES string of the molecule is O=C(Cc1cccs1)N(CCS(=O)(=O)N1CCNCC1)C1CCCCC1. The van der Waals surface area contributed by atoms with Gasteiger partial charge in [-0.05, 0) is 24.3 Å². The van der Waals surface area contributed by atoms with Crippen molar-refractivity contribution in [2.24, 2.45) is 0 Å². The van der Waals surface area contributed by atoms with E-state index < -0.39 is 10.0 Å². The standard InChI is InChI=1S/C18H29N3O3S2/c22-18(15-17-7-4-13-25-17)21(16-5-2-1-3-6-16)12-14-26(23,24)20-10-8-19-9-11-20/h4,7,13,16,19H,1-3,5-6,8-12,14-15H2. The maximum atomic E-state index is 12.9. The number of thiophene rings is 1. The highest BCUT2D eigenvalue weighted by atomic mass is 32.2. The highest BCUT2D eigenvalue weighted by Gasteiger charge is 2.29. The molecule has 0 atom stereocenters. The van der Waals surface area contributed by atoms with Gasteiger partial charge in [-0.25, -0.2) is 8.42 Å². The van der Waals surface area contributed by atoms with Crippen molar-refractivity contribution in [2.45, 2.75) is 44.6 Å². The van der Waals surface area contributed by atoms with E-state index in [0.29, 0.717) is 39.1 Å². The van der Waals surface area contributed by atoms with Crippen molar-refractivity contribution in [3.8, 4) is 0 Å². The van der Waals surface area contributed by atoms with Crippen LogP contribution in [0.2, 0.25) is 0 Å². The molecule has 1 saturated carbocycles. The molecule has 1 aliphatic carbocycles. The molecule has 1 aromatic rings. The first-order chi connectivity index (χ1) is 12.6. The van der Waals surface area contributed by atoms with Gasteiger partial charge in [0.15, 0.2) is 0 Å². The van der Waals surface area contributed by atoms with E-state index in [2.05, 4.69) is 5.32 Å². The number of carbonyl (C=O) groups excluding carboxylic acids is 1. The van der Waals surface area contributed by atoms with Gasteiger partial charge in [0, 0.05) is 43.6 Å². The van der Waals surface area contributed by atoms with Crippen molar-refractivity contribution in [1.82, 2.24) is 14.5 Å². The molecule has 2 aliphatic rings. The molecule has 26 heavy (non-hydrogen) atoms. The Balaban J connectivity index is 1.65. The minimum absolute atomic E-state index is 0.0275. The average Bonchev–Trinajstić information content (AvgIpc) is 3.16. The summed E-state index contributed by atoms with van der Waals surface area (Å²) in [6.07, 6.45) is 5.81. The minimum atomic E-state index is -3.31. The fourth-order valence-corrected chi connectivity index (χ4v) is 5.95. The Morgan fingerprint density at radius 3 is 2.62 bits per heavy atom. The lowest BCUT2D eigenvalue weighted by Gasteiger charge is -2.35. The van der Waals surface area contributed by atoms with Crippen LogP contribution in [0.15, 0.2) is 17.5 Å². The molecule has 1 aromatic heterocycles. The smallest absolute Gasteiger partial charge is 0.228 e. The first kappa shape index (κ1) is 19.8. The van der Waals surface area contributed by atoms with Crippen LogP contribution in [0, 0.1) is 0 Å². The molecule has 1 aliphatic heterocycles. The summed E-state index contributed by atoms with van der Waals surface area (Å²) in [4.78, 5) is 15.8. The third-order valence-corrected chi connectivity index (χ3v) is 8.03. The number of rotatable bonds is 7. The minimum Gasteiger partial charge on any atom is -0.338 e. The molecule has 1 N–H and O–H groups in total. The molecule has 3 rings (SSSR count). The molecule has 1 saturated heterocycles. The van der Waals surface area contributed by atoms with E-state index >= 15 is 0 Å². The normalized spacial score (nSPS) is 20.2. The van der Waals surface area contributed by atoms with Crippen molar-refractivity contribution >= 4 is 27.3 Å². The summed E-state index contributed by atoms with van der Waals surface area (Å²) in [5.41, 5.74) is 0. The Labute approximate surface area is 160 Å². The summed E-state index contributed by atoms with van der Waals surface area (Å²) in [5.74, 6) is 0.0921. The second-order valence-electron chi connectivity index (χ2n) is 7.10. The third kappa shape index (κ3) is 5.28. The van der Waals surface area contributed by atoms with Gasteiger partial charge in [-0.2, -0.15) is 4.31 Å². The quantitative estimate of drug-likeness (QED) is 0.757. The van der Waals surface area contributed by atoms with Gasteiger partial charge in [0.05, 0.1) is 12.2 Å². The molecule has 2 fully saturated rings. The lowest BCUT2D eigenvalue weighted by Crippen LogP contribution is -2.50. The predicted octanol–water partition coefficient (Wildman–Crippen LogP) is 1.69. The van der Waals surface area contributed by atoms with Gasteiger partial charge in [-0.3, -0.25) is 4.79 Å². The number of amides is 1. The van der Waals surface area contributed by atoms with Gasteiger partial charge in [-0.15, -0.1) is 11.3 Å². The number of piperazine rings is 1. The van der Waals surface area contributed by atoms with Gasteiger partial charge < -0.3 is 10.2 Å². The van der Waals surface area contributed by atoms with Crippen LogP contribution < -0.4 is 5.32 Å². The van der Waals surface area contributed by atoms with E-state index in [-0.39, 0.29) is 17.7 Å². The van der Waals surface area contributed by atoms with Crippen molar-refractivity contribution < 1.29 is 13.2 Å². The molecule has 0 bridgehead atoms. The van der Waals surface area contributed by atoms with Crippen molar-refractivity contribution in [3.05, 3.63) is 22.4 Å². The fourth-order valence-electron chi connectivity index (χ4n) is 3.83. The van der Waals surface area contributed by atoms with E-state index in [1.54, 1.807) is 15.6 Å². The van der Waals surface area contributed by atoms with Gasteiger partial charge in [-0.1, -0.05) is 25.3 Å². The molecular formula is C18H29N3O3S2. The lowest BCUT2D eigenvalue weighted by atomic mass is 9.94. The Hall–Kier alpha value is -0.960. The summed E-state index contributed by atoms with van der Waals surface area (Å²) in [5, 5.41) is 5.15. The van der Waals surface area contributed by atoms with Crippen molar-refractivity contribution in [1.29, 1.82) is 0 Å². The molecule has 0 unspecified atom stereocenters. The van der Waals surface area contributed by atoms with Crippen LogP contribution in [-0.4, -0.2) is 68.0 Å². The fraction of sp³-hybridized carbons (Fsp3) is 0.722. The first-order valence-electron chi connectivity index (χ1n) is 9.57. The third-order valence-electron chi connectivity index (χ3n) is 5.30. The predicted molar refractivity (Wildman–Crippen MR) is 105 cm³/mol. The van der Waals surface area contributed by atoms with Crippen LogP contribution in [0.4, 0.5) is 0 Å². The molecule has 6 nitrogen and oxygen atoms in total. The molecule has 2 heterocycles. The maximum Gasteiger partial charge on any atom is 0.228 e. The summed E-state index contributed by atoms with van der Waals surface area (Å²) < 4.78 is 26.9. The summed E-state index contributed by atoms with van der Waals surface area (Å²) in [6, 6.07) is 4.11. The van der Waals surface area contributed by atoms with Crippen molar-refractivity contribution in [3.63, 3.8) is 0 Å². The summed E-state index contributed by atoms with van der Waals surface area (Å²) in [7, 11) is -3.31. The van der Waals surface area contributed by atoms with Gasteiger partial charge >= 0.3 is 0 Å². The number of hydrogen-bond acceptors (Lipinski definition) is 5. The molecule has 146 valence electrons. The molecule has 0 spiro atoms. The molecule has 1 amide bonds. The number of hydrogen-bond donors (Lipinski definition) is 1. The molecule has 0 radical (unpaired) electrons. The number of carbonyl (C=O) groups is 1. The highest BCUT2D eigenvalue weighted by Crippen LogP contribution is 2.24. The first-order valence-corrected chi connectivity index (χ1v) is 12.1. The Bertz CT molecular complexity index is 664.